The molecule has 0 spiro atoms. The van der Waals surface area contributed by atoms with Gasteiger partial charge in [-0.15, -0.1) is 0 Å². The molecule has 0 radical (unpaired) electrons. The number of hydrogen-bond donors (Lipinski definition) is 2. The number of esters is 3. The number of ether oxygens (including phenoxy) is 3. The van der Waals surface area contributed by atoms with Crippen molar-refractivity contribution in [1.29, 1.82) is 0 Å². The summed E-state index contributed by atoms with van der Waals surface area (Å²) >= 11 is 0. The number of phosphoric acid groups is 1. The zero-order chi connectivity index (χ0) is 49.9. The van der Waals surface area contributed by atoms with Gasteiger partial charge in [0.15, 0.2) is 6.10 Å². The molecule has 11 nitrogen and oxygen atoms in total. The van der Waals surface area contributed by atoms with Crippen molar-refractivity contribution in [2.75, 3.05) is 26.4 Å². The van der Waals surface area contributed by atoms with Crippen LogP contribution in [0.15, 0.2) is 36.5 Å². The van der Waals surface area contributed by atoms with Crippen molar-refractivity contribution in [2.24, 2.45) is 0 Å². The van der Waals surface area contributed by atoms with Crippen LogP contribution in [0.5, 0.6) is 0 Å². The Bertz CT molecular complexity index is 1280. The fourth-order valence-corrected chi connectivity index (χ4v) is 8.63. The lowest BCUT2D eigenvalue weighted by molar-refractivity contribution is -0.161. The second kappa shape index (κ2) is 51.1. The number of aliphatic hydroxyl groups is 1. The Labute approximate surface area is 416 Å². The molecule has 0 aromatic rings. The van der Waals surface area contributed by atoms with Crippen molar-refractivity contribution in [3.05, 3.63) is 36.5 Å². The van der Waals surface area contributed by atoms with Gasteiger partial charge in [0.1, 0.15) is 12.7 Å². The van der Waals surface area contributed by atoms with Crippen LogP contribution in [0, 0.1) is 0 Å². The molecule has 0 heterocycles. The number of phosphoric ester groups is 1. The third-order valence-electron chi connectivity index (χ3n) is 12.1. The quantitative estimate of drug-likeness (QED) is 0.0197. The highest BCUT2D eigenvalue weighted by Crippen LogP contribution is 2.43. The molecular weight excluding hydrogens is 880 g/mol. The summed E-state index contributed by atoms with van der Waals surface area (Å²) in [5, 5.41) is 9.79. The summed E-state index contributed by atoms with van der Waals surface area (Å²) in [6, 6.07) is 0. The van der Waals surface area contributed by atoms with Gasteiger partial charge in [0, 0.05) is 19.3 Å². The molecule has 0 aliphatic rings. The van der Waals surface area contributed by atoms with Crippen molar-refractivity contribution >= 4 is 25.7 Å². The van der Waals surface area contributed by atoms with Gasteiger partial charge >= 0.3 is 25.7 Å². The number of hydrogen-bond acceptors (Lipinski definition) is 10. The molecule has 0 rings (SSSR count). The molecule has 0 saturated carbocycles. The number of carbonyl (C=O) groups is 3. The monoisotopic (exact) mass is 983 g/mol. The van der Waals surface area contributed by atoms with Gasteiger partial charge in [-0.3, -0.25) is 23.4 Å². The van der Waals surface area contributed by atoms with Crippen LogP contribution in [0.2, 0.25) is 0 Å². The average molecular weight is 983 g/mol. The van der Waals surface area contributed by atoms with E-state index in [1.807, 2.05) is 0 Å². The van der Waals surface area contributed by atoms with E-state index in [4.69, 9.17) is 23.3 Å². The minimum absolute atomic E-state index is 0.160. The highest BCUT2D eigenvalue weighted by atomic mass is 31.2. The SMILES string of the molecule is CC/C=C\C/C=C\C/C=C\CCCCCCCCCC(=O)OC(COC(=O)CCCCCCCCCCCCC)COP(=O)(O)OCC(CO)OC(=O)CCCCCCCCCCCCCCC. The van der Waals surface area contributed by atoms with E-state index in [1.165, 1.54) is 116 Å². The molecule has 12 heteroatoms. The first kappa shape index (κ1) is 65.7. The van der Waals surface area contributed by atoms with E-state index in [9.17, 15) is 28.9 Å². The number of rotatable bonds is 52. The molecule has 0 amide bonds. The summed E-state index contributed by atoms with van der Waals surface area (Å²) in [4.78, 5) is 48.4. The molecule has 0 aliphatic carbocycles. The first-order valence-electron chi connectivity index (χ1n) is 27.9. The first-order valence-corrected chi connectivity index (χ1v) is 29.4. The molecule has 0 aromatic heterocycles. The van der Waals surface area contributed by atoms with E-state index in [1.54, 1.807) is 0 Å². The van der Waals surface area contributed by atoms with E-state index in [2.05, 4.69) is 57.2 Å². The maximum absolute atomic E-state index is 12.9. The summed E-state index contributed by atoms with van der Waals surface area (Å²) in [6.07, 6.45) is 51.0. The molecule has 68 heavy (non-hydrogen) atoms. The van der Waals surface area contributed by atoms with Gasteiger partial charge < -0.3 is 24.2 Å². The summed E-state index contributed by atoms with van der Waals surface area (Å²) in [7, 11) is -4.74. The van der Waals surface area contributed by atoms with Gasteiger partial charge in [-0.2, -0.15) is 0 Å². The van der Waals surface area contributed by atoms with E-state index < -0.39 is 57.8 Å². The molecule has 0 bridgehead atoms. The van der Waals surface area contributed by atoms with Crippen LogP contribution >= 0.6 is 7.82 Å². The van der Waals surface area contributed by atoms with Gasteiger partial charge in [-0.05, 0) is 51.4 Å². The maximum Gasteiger partial charge on any atom is 0.472 e. The van der Waals surface area contributed by atoms with Crippen LogP contribution < -0.4 is 0 Å². The highest BCUT2D eigenvalue weighted by Gasteiger charge is 2.28. The average Bonchev–Trinajstić information content (AvgIpc) is 3.32. The zero-order valence-electron chi connectivity index (χ0n) is 43.8. The lowest BCUT2D eigenvalue weighted by Crippen LogP contribution is -2.30. The topological polar surface area (TPSA) is 155 Å². The minimum atomic E-state index is -4.74. The fourth-order valence-electron chi connectivity index (χ4n) is 7.84. The summed E-state index contributed by atoms with van der Waals surface area (Å²) in [5.74, 6) is -1.46. The van der Waals surface area contributed by atoms with E-state index in [0.717, 1.165) is 89.9 Å². The molecular formula is C56H103O11P. The third kappa shape index (κ3) is 48.7. The van der Waals surface area contributed by atoms with Crippen molar-refractivity contribution < 1.29 is 52.2 Å². The van der Waals surface area contributed by atoms with Gasteiger partial charge in [-0.25, -0.2) is 4.57 Å². The molecule has 0 aromatic carbocycles. The first-order chi connectivity index (χ1) is 33.2. The van der Waals surface area contributed by atoms with Gasteiger partial charge in [0.05, 0.1) is 19.8 Å². The Morgan fingerprint density at radius 3 is 1.18 bits per heavy atom. The Morgan fingerprint density at radius 2 is 0.765 bits per heavy atom. The summed E-state index contributed by atoms with van der Waals surface area (Å²) < 4.78 is 39.4. The largest absolute Gasteiger partial charge is 0.472 e. The fraction of sp³-hybridized carbons (Fsp3) is 0.839. The second-order valence-corrected chi connectivity index (χ2v) is 20.2. The molecule has 398 valence electrons. The lowest BCUT2D eigenvalue weighted by atomic mass is 10.0. The van der Waals surface area contributed by atoms with E-state index >= 15 is 0 Å². The normalized spacial score (nSPS) is 13.7. The van der Waals surface area contributed by atoms with E-state index in [-0.39, 0.29) is 25.9 Å². The summed E-state index contributed by atoms with van der Waals surface area (Å²) in [5.41, 5.74) is 0. The maximum atomic E-state index is 12.9. The Kier molecular flexibility index (Phi) is 49.3. The number of unbranched alkanes of at least 4 members (excludes halogenated alkanes) is 29. The van der Waals surface area contributed by atoms with Crippen molar-refractivity contribution in [1.82, 2.24) is 0 Å². The second-order valence-electron chi connectivity index (χ2n) is 18.7. The molecule has 3 unspecified atom stereocenters. The minimum Gasteiger partial charge on any atom is -0.462 e. The van der Waals surface area contributed by atoms with Gasteiger partial charge in [-0.1, -0.05) is 231 Å². The van der Waals surface area contributed by atoms with Crippen molar-refractivity contribution in [3.8, 4) is 0 Å². The smallest absolute Gasteiger partial charge is 0.462 e. The highest BCUT2D eigenvalue weighted by molar-refractivity contribution is 7.47. The molecule has 0 fully saturated rings. The summed E-state index contributed by atoms with van der Waals surface area (Å²) in [6.45, 7) is 4.54. The molecule has 2 N–H and O–H groups in total. The Hall–Kier alpha value is -2.30. The van der Waals surface area contributed by atoms with Gasteiger partial charge in [0.25, 0.3) is 0 Å². The van der Waals surface area contributed by atoms with Crippen LogP contribution in [0.3, 0.4) is 0 Å². The van der Waals surface area contributed by atoms with Gasteiger partial charge in [0.2, 0.25) is 0 Å². The predicted molar refractivity (Wildman–Crippen MR) is 279 cm³/mol. The number of aliphatic hydroxyl groups excluding tert-OH is 1. The van der Waals surface area contributed by atoms with Crippen molar-refractivity contribution in [2.45, 2.75) is 277 Å². The Morgan fingerprint density at radius 1 is 0.426 bits per heavy atom. The van der Waals surface area contributed by atoms with Crippen LogP contribution in [0.1, 0.15) is 265 Å². The van der Waals surface area contributed by atoms with Crippen LogP contribution in [0.4, 0.5) is 0 Å². The van der Waals surface area contributed by atoms with E-state index in [0.29, 0.717) is 19.3 Å². The van der Waals surface area contributed by atoms with Crippen LogP contribution in [0.25, 0.3) is 0 Å². The van der Waals surface area contributed by atoms with Crippen LogP contribution in [-0.2, 0) is 42.2 Å². The van der Waals surface area contributed by atoms with Crippen LogP contribution in [-0.4, -0.2) is 66.5 Å². The third-order valence-corrected chi connectivity index (χ3v) is 13.0. The predicted octanol–water partition coefficient (Wildman–Crippen LogP) is 16.0. The number of carbonyl (C=O) groups excluding carboxylic acids is 3. The molecule has 0 saturated heterocycles. The number of allylic oxidation sites excluding steroid dienone is 6. The van der Waals surface area contributed by atoms with Crippen molar-refractivity contribution in [3.63, 3.8) is 0 Å². The lowest BCUT2D eigenvalue weighted by Gasteiger charge is -2.21. The zero-order valence-corrected chi connectivity index (χ0v) is 44.7. The molecule has 3 atom stereocenters. The Balaban J connectivity index is 4.69. The standard InChI is InChI=1S/C56H103O11P/c1-4-7-10-13-16-19-22-24-25-26-27-29-32-35-38-41-44-47-56(60)67-53(49-63-54(58)45-42-39-36-33-30-21-18-15-12-9-6-3)51-65-68(61,62)64-50-52(48-57)66-55(59)46-43-40-37-34-31-28-23-20-17-14-11-8-5-2/h7,10,16,19,24-25,52-53,57H,4-6,8-9,11-15,17-18,20-23,26-51H2,1-3H3,(H,61,62)/b10-7-,19-16-,25-24-. The molecule has 0 aliphatic heterocycles.